The van der Waals surface area contributed by atoms with Crippen LogP contribution in [0, 0.1) is 5.92 Å². The van der Waals surface area contributed by atoms with Crippen LogP contribution in [0.2, 0.25) is 0 Å². The molecule has 1 heterocycles. The monoisotopic (exact) mass is 338 g/mol. The van der Waals surface area contributed by atoms with E-state index in [2.05, 4.69) is 27.3 Å². The quantitative estimate of drug-likeness (QED) is 0.642. The number of sulfonamides is 1. The van der Waals surface area contributed by atoms with Crippen LogP contribution in [0.4, 0.5) is 0 Å². The number of benzene rings is 1. The first kappa shape index (κ1) is 17.7. The van der Waals surface area contributed by atoms with E-state index in [9.17, 15) is 8.42 Å². The molecule has 1 saturated heterocycles. The van der Waals surface area contributed by atoms with E-state index in [1.807, 2.05) is 25.2 Å². The smallest absolute Gasteiger partial charge is 0.211 e. The molecular formula is C16H26N4O2S. The Balaban J connectivity index is 1.84. The van der Waals surface area contributed by atoms with E-state index in [4.69, 9.17) is 0 Å². The Hall–Kier alpha value is -1.60. The fourth-order valence-corrected chi connectivity index (χ4v) is 3.74. The molecule has 1 N–H and O–H groups in total. The molecule has 1 aliphatic heterocycles. The molecule has 7 heteroatoms. The predicted molar refractivity (Wildman–Crippen MR) is 93.8 cm³/mol. The third-order valence-corrected chi connectivity index (χ3v) is 5.37. The van der Waals surface area contributed by atoms with Crippen molar-refractivity contribution in [3.8, 4) is 0 Å². The van der Waals surface area contributed by atoms with Crippen LogP contribution in [0.5, 0.6) is 0 Å². The number of nitrogens with one attached hydrogen (secondary N) is 1. The molecule has 1 aromatic carbocycles. The van der Waals surface area contributed by atoms with E-state index < -0.39 is 10.0 Å². The molecule has 0 spiro atoms. The van der Waals surface area contributed by atoms with Gasteiger partial charge in [-0.25, -0.2) is 12.7 Å². The lowest BCUT2D eigenvalue weighted by Crippen LogP contribution is -2.41. The SMILES string of the molecule is CN=C(NCC1CCN(S(C)(=O)=O)C1)N(C)Cc1ccccc1. The van der Waals surface area contributed by atoms with Crippen molar-refractivity contribution < 1.29 is 8.42 Å². The van der Waals surface area contributed by atoms with Gasteiger partial charge in [0.25, 0.3) is 0 Å². The molecule has 2 rings (SSSR count). The Morgan fingerprint density at radius 2 is 2.09 bits per heavy atom. The van der Waals surface area contributed by atoms with E-state index in [1.54, 1.807) is 11.4 Å². The van der Waals surface area contributed by atoms with Gasteiger partial charge in [0.05, 0.1) is 6.26 Å². The summed E-state index contributed by atoms with van der Waals surface area (Å²) in [6, 6.07) is 10.2. The number of guanidine groups is 1. The summed E-state index contributed by atoms with van der Waals surface area (Å²) < 4.78 is 24.7. The van der Waals surface area contributed by atoms with Crippen LogP contribution in [0.3, 0.4) is 0 Å². The zero-order valence-electron chi connectivity index (χ0n) is 14.1. The predicted octanol–water partition coefficient (Wildman–Crippen LogP) is 0.975. The second-order valence-corrected chi connectivity index (χ2v) is 8.03. The molecule has 1 aliphatic rings. The van der Waals surface area contributed by atoms with Gasteiger partial charge in [-0.3, -0.25) is 4.99 Å². The first-order valence-corrected chi connectivity index (χ1v) is 9.66. The van der Waals surface area contributed by atoms with Gasteiger partial charge in [0.2, 0.25) is 10.0 Å². The van der Waals surface area contributed by atoms with Crippen LogP contribution in [-0.4, -0.2) is 63.6 Å². The van der Waals surface area contributed by atoms with Crippen molar-refractivity contribution in [2.75, 3.05) is 40.0 Å². The molecule has 23 heavy (non-hydrogen) atoms. The molecule has 0 aromatic heterocycles. The van der Waals surface area contributed by atoms with Crippen molar-refractivity contribution in [1.29, 1.82) is 0 Å². The average molecular weight is 338 g/mol. The average Bonchev–Trinajstić information content (AvgIpc) is 2.98. The van der Waals surface area contributed by atoms with Crippen molar-refractivity contribution in [3.05, 3.63) is 35.9 Å². The third-order valence-electron chi connectivity index (χ3n) is 4.10. The molecular weight excluding hydrogens is 312 g/mol. The molecule has 1 fully saturated rings. The summed E-state index contributed by atoms with van der Waals surface area (Å²) in [4.78, 5) is 6.38. The van der Waals surface area contributed by atoms with Crippen LogP contribution < -0.4 is 5.32 Å². The van der Waals surface area contributed by atoms with Gasteiger partial charge >= 0.3 is 0 Å². The first-order chi connectivity index (χ1) is 10.9. The molecule has 0 radical (unpaired) electrons. The van der Waals surface area contributed by atoms with Crippen LogP contribution in [0.25, 0.3) is 0 Å². The molecule has 0 bridgehead atoms. The van der Waals surface area contributed by atoms with Crippen LogP contribution >= 0.6 is 0 Å². The van der Waals surface area contributed by atoms with Crippen molar-refractivity contribution in [2.45, 2.75) is 13.0 Å². The van der Waals surface area contributed by atoms with E-state index >= 15 is 0 Å². The number of rotatable bonds is 5. The highest BCUT2D eigenvalue weighted by Crippen LogP contribution is 2.18. The summed E-state index contributed by atoms with van der Waals surface area (Å²) in [5.41, 5.74) is 1.22. The standard InChI is InChI=1S/C16H26N4O2S/c1-17-16(19(2)12-14-7-5-4-6-8-14)18-11-15-9-10-20(13-15)23(3,21)22/h4-8,15H,9-13H2,1-3H3,(H,17,18). The zero-order chi connectivity index (χ0) is 16.9. The number of hydrogen-bond acceptors (Lipinski definition) is 3. The lowest BCUT2D eigenvalue weighted by atomic mass is 10.1. The zero-order valence-corrected chi connectivity index (χ0v) is 14.9. The van der Waals surface area contributed by atoms with Crippen molar-refractivity contribution in [2.24, 2.45) is 10.9 Å². The fraction of sp³-hybridized carbons (Fsp3) is 0.562. The Kier molecular flexibility index (Phi) is 6.01. The molecule has 1 unspecified atom stereocenters. The van der Waals surface area contributed by atoms with Gasteiger partial charge in [0, 0.05) is 40.3 Å². The van der Waals surface area contributed by atoms with Crippen LogP contribution in [0.1, 0.15) is 12.0 Å². The summed E-state index contributed by atoms with van der Waals surface area (Å²) in [7, 11) is 0.693. The Morgan fingerprint density at radius 1 is 1.39 bits per heavy atom. The molecule has 128 valence electrons. The minimum absolute atomic E-state index is 0.326. The van der Waals surface area contributed by atoms with E-state index in [1.165, 1.54) is 11.8 Å². The van der Waals surface area contributed by atoms with Gasteiger partial charge in [0.15, 0.2) is 5.96 Å². The molecule has 1 aromatic rings. The highest BCUT2D eigenvalue weighted by atomic mass is 32.2. The largest absolute Gasteiger partial charge is 0.356 e. The number of hydrogen-bond donors (Lipinski definition) is 1. The molecule has 0 saturated carbocycles. The Bertz CT molecular complexity index is 631. The van der Waals surface area contributed by atoms with Gasteiger partial charge in [-0.1, -0.05) is 30.3 Å². The fourth-order valence-electron chi connectivity index (χ4n) is 2.82. The van der Waals surface area contributed by atoms with E-state index in [0.29, 0.717) is 19.0 Å². The second-order valence-electron chi connectivity index (χ2n) is 6.05. The molecule has 6 nitrogen and oxygen atoms in total. The third kappa shape index (κ3) is 5.21. The maximum absolute atomic E-state index is 11.6. The first-order valence-electron chi connectivity index (χ1n) is 7.81. The normalized spacial score (nSPS) is 19.8. The number of aliphatic imine (C=N–C) groups is 1. The second kappa shape index (κ2) is 7.79. The Morgan fingerprint density at radius 3 is 2.65 bits per heavy atom. The van der Waals surface area contributed by atoms with Crippen LogP contribution in [0.15, 0.2) is 35.3 Å². The topological polar surface area (TPSA) is 65.0 Å². The summed E-state index contributed by atoms with van der Waals surface area (Å²) in [5, 5.41) is 3.36. The van der Waals surface area contributed by atoms with Gasteiger partial charge in [-0.05, 0) is 17.9 Å². The minimum Gasteiger partial charge on any atom is -0.356 e. The lowest BCUT2D eigenvalue weighted by molar-refractivity contribution is 0.443. The van der Waals surface area contributed by atoms with Gasteiger partial charge in [-0.2, -0.15) is 0 Å². The van der Waals surface area contributed by atoms with Crippen molar-refractivity contribution in [1.82, 2.24) is 14.5 Å². The summed E-state index contributed by atoms with van der Waals surface area (Å²) in [5.74, 6) is 1.15. The number of nitrogens with zero attached hydrogens (tertiary/aromatic N) is 3. The minimum atomic E-state index is -3.07. The summed E-state index contributed by atoms with van der Waals surface area (Å²) in [6.45, 7) is 2.72. The van der Waals surface area contributed by atoms with E-state index in [0.717, 1.165) is 25.5 Å². The van der Waals surface area contributed by atoms with Gasteiger partial charge in [-0.15, -0.1) is 0 Å². The molecule has 0 aliphatic carbocycles. The highest BCUT2D eigenvalue weighted by molar-refractivity contribution is 7.88. The van der Waals surface area contributed by atoms with Gasteiger partial charge in [0.1, 0.15) is 0 Å². The Labute approximate surface area is 139 Å². The van der Waals surface area contributed by atoms with E-state index in [-0.39, 0.29) is 0 Å². The highest BCUT2D eigenvalue weighted by Gasteiger charge is 2.28. The van der Waals surface area contributed by atoms with Crippen LogP contribution in [-0.2, 0) is 16.6 Å². The van der Waals surface area contributed by atoms with Crippen molar-refractivity contribution in [3.63, 3.8) is 0 Å². The molecule has 0 amide bonds. The maximum Gasteiger partial charge on any atom is 0.211 e. The van der Waals surface area contributed by atoms with Crippen molar-refractivity contribution >= 4 is 16.0 Å². The lowest BCUT2D eigenvalue weighted by Gasteiger charge is -2.23. The maximum atomic E-state index is 11.6. The molecule has 1 atom stereocenters. The summed E-state index contributed by atoms with van der Waals surface area (Å²) >= 11 is 0. The summed E-state index contributed by atoms with van der Waals surface area (Å²) in [6.07, 6.45) is 2.16. The van der Waals surface area contributed by atoms with Gasteiger partial charge < -0.3 is 10.2 Å².